The quantitative estimate of drug-likeness (QED) is 0.660. The van der Waals surface area contributed by atoms with Crippen LogP contribution in [0.3, 0.4) is 0 Å². The molecule has 124 valence electrons. The number of hydrogen-bond acceptors (Lipinski definition) is 3. The highest BCUT2D eigenvalue weighted by molar-refractivity contribution is 6.11. The number of allylic oxidation sites excluding steroid dienone is 2. The van der Waals surface area contributed by atoms with E-state index in [1.54, 1.807) is 20.8 Å². The van der Waals surface area contributed by atoms with E-state index in [9.17, 15) is 23.2 Å². The summed E-state index contributed by atoms with van der Waals surface area (Å²) in [6.45, 7) is 6.34. The van der Waals surface area contributed by atoms with Crippen LogP contribution in [0.15, 0.2) is 29.5 Å². The molecule has 0 aliphatic heterocycles. The summed E-state index contributed by atoms with van der Waals surface area (Å²) in [5.41, 5.74) is 0.155. The largest absolute Gasteiger partial charge is 0.325 e. The van der Waals surface area contributed by atoms with Crippen molar-refractivity contribution in [3.8, 4) is 0 Å². The van der Waals surface area contributed by atoms with Gasteiger partial charge in [-0.1, -0.05) is 13.8 Å². The Morgan fingerprint density at radius 3 is 1.91 bits per heavy atom. The first-order chi connectivity index (χ1) is 10.6. The molecule has 0 saturated carbocycles. The summed E-state index contributed by atoms with van der Waals surface area (Å²) in [6.07, 6.45) is 0. The summed E-state index contributed by atoms with van der Waals surface area (Å²) in [4.78, 5) is 35.1. The van der Waals surface area contributed by atoms with Crippen LogP contribution in [0.4, 0.5) is 13.6 Å². The van der Waals surface area contributed by atoms with Crippen molar-refractivity contribution in [2.45, 2.75) is 27.7 Å². The van der Waals surface area contributed by atoms with Gasteiger partial charge in [-0.3, -0.25) is 14.9 Å². The molecule has 0 atom stereocenters. The lowest BCUT2D eigenvalue weighted by Crippen LogP contribution is -2.40. The number of carbonyl (C=O) groups is 3. The number of imide groups is 1. The normalized spacial score (nSPS) is 11.8. The van der Waals surface area contributed by atoms with Crippen molar-refractivity contribution in [3.63, 3.8) is 0 Å². The molecule has 1 rings (SSSR count). The standard InChI is InChI=1S/C16H18F2N2O3/c1-8(2)9(3)14(20-16(23)19-10(4)21)15(22)11-5-12(17)7-13(18)6-11/h5-8H,1-4H3,(H2,19,20,21,23)/b14-9+. The van der Waals surface area contributed by atoms with Gasteiger partial charge in [0.1, 0.15) is 11.6 Å². The van der Waals surface area contributed by atoms with Gasteiger partial charge in [0.05, 0.1) is 5.70 Å². The zero-order valence-electron chi connectivity index (χ0n) is 13.3. The molecule has 0 fully saturated rings. The van der Waals surface area contributed by atoms with Crippen LogP contribution in [0.1, 0.15) is 38.1 Å². The fraction of sp³-hybridized carbons (Fsp3) is 0.312. The SMILES string of the molecule is CC(=O)NC(=O)N/C(C(=O)c1cc(F)cc(F)c1)=C(\C)C(C)C. The molecule has 23 heavy (non-hydrogen) atoms. The van der Waals surface area contributed by atoms with E-state index >= 15 is 0 Å². The van der Waals surface area contributed by atoms with Crippen LogP contribution in [0.25, 0.3) is 0 Å². The minimum atomic E-state index is -0.900. The van der Waals surface area contributed by atoms with E-state index in [0.717, 1.165) is 19.1 Å². The maximum absolute atomic E-state index is 13.3. The van der Waals surface area contributed by atoms with Crippen LogP contribution < -0.4 is 10.6 Å². The van der Waals surface area contributed by atoms with Gasteiger partial charge in [0.15, 0.2) is 0 Å². The lowest BCUT2D eigenvalue weighted by atomic mass is 9.97. The van der Waals surface area contributed by atoms with E-state index < -0.39 is 29.4 Å². The summed E-state index contributed by atoms with van der Waals surface area (Å²) in [6, 6.07) is 1.51. The first kappa shape index (κ1) is 18.5. The van der Waals surface area contributed by atoms with Gasteiger partial charge >= 0.3 is 6.03 Å². The van der Waals surface area contributed by atoms with Crippen LogP contribution in [-0.4, -0.2) is 17.7 Å². The number of rotatable bonds is 4. The van der Waals surface area contributed by atoms with Gasteiger partial charge in [0, 0.05) is 18.6 Å². The Morgan fingerprint density at radius 2 is 1.48 bits per heavy atom. The van der Waals surface area contributed by atoms with E-state index in [4.69, 9.17) is 0 Å². The van der Waals surface area contributed by atoms with Crippen LogP contribution in [0, 0.1) is 17.6 Å². The summed E-state index contributed by atoms with van der Waals surface area (Å²) in [5, 5.41) is 4.25. The van der Waals surface area contributed by atoms with E-state index in [1.165, 1.54) is 0 Å². The maximum Gasteiger partial charge on any atom is 0.325 e. The Labute approximate surface area is 132 Å². The van der Waals surface area contributed by atoms with Gasteiger partial charge in [-0.15, -0.1) is 0 Å². The van der Waals surface area contributed by atoms with Gasteiger partial charge in [-0.05, 0) is 30.5 Å². The topological polar surface area (TPSA) is 75.3 Å². The highest BCUT2D eigenvalue weighted by atomic mass is 19.1. The maximum atomic E-state index is 13.3. The lowest BCUT2D eigenvalue weighted by molar-refractivity contribution is -0.117. The monoisotopic (exact) mass is 324 g/mol. The molecule has 2 N–H and O–H groups in total. The van der Waals surface area contributed by atoms with E-state index in [1.807, 2.05) is 5.32 Å². The van der Waals surface area contributed by atoms with E-state index in [2.05, 4.69) is 5.32 Å². The number of Topliss-reactive ketones (excluding diaryl/α,β-unsaturated/α-hetero) is 1. The van der Waals surface area contributed by atoms with Crippen LogP contribution >= 0.6 is 0 Å². The molecule has 0 radical (unpaired) electrons. The van der Waals surface area contributed by atoms with Crippen molar-refractivity contribution >= 4 is 17.7 Å². The molecule has 0 bridgehead atoms. The van der Waals surface area contributed by atoms with Crippen molar-refractivity contribution in [2.75, 3.05) is 0 Å². The third kappa shape index (κ3) is 5.28. The van der Waals surface area contributed by atoms with E-state index in [0.29, 0.717) is 11.6 Å². The molecule has 0 spiro atoms. The van der Waals surface area contributed by atoms with Crippen LogP contribution in [-0.2, 0) is 4.79 Å². The predicted molar refractivity (Wildman–Crippen MR) is 80.6 cm³/mol. The number of benzene rings is 1. The van der Waals surface area contributed by atoms with Crippen molar-refractivity contribution in [3.05, 3.63) is 46.7 Å². The zero-order valence-corrected chi connectivity index (χ0v) is 13.3. The Bertz CT molecular complexity index is 662. The Kier molecular flexibility index (Phi) is 6.12. The molecule has 0 heterocycles. The van der Waals surface area contributed by atoms with Gasteiger partial charge in [-0.25, -0.2) is 13.6 Å². The van der Waals surface area contributed by atoms with Gasteiger partial charge in [-0.2, -0.15) is 0 Å². The average molecular weight is 324 g/mol. The highest BCUT2D eigenvalue weighted by Crippen LogP contribution is 2.18. The third-order valence-electron chi connectivity index (χ3n) is 3.14. The molecule has 1 aromatic carbocycles. The molecule has 0 saturated heterocycles. The van der Waals surface area contributed by atoms with Gasteiger partial charge in [0.25, 0.3) is 0 Å². The summed E-state index contributed by atoms with van der Waals surface area (Å²) >= 11 is 0. The molecule has 0 unspecified atom stereocenters. The summed E-state index contributed by atoms with van der Waals surface area (Å²) in [7, 11) is 0. The van der Waals surface area contributed by atoms with Crippen molar-refractivity contribution in [1.29, 1.82) is 0 Å². The van der Waals surface area contributed by atoms with Crippen molar-refractivity contribution < 1.29 is 23.2 Å². The molecule has 3 amide bonds. The molecule has 1 aromatic rings. The number of hydrogen-bond donors (Lipinski definition) is 2. The molecular formula is C16H18F2N2O3. The van der Waals surface area contributed by atoms with E-state index in [-0.39, 0.29) is 17.2 Å². The Morgan fingerprint density at radius 1 is 0.957 bits per heavy atom. The number of amides is 3. The first-order valence-corrected chi connectivity index (χ1v) is 6.92. The number of carbonyl (C=O) groups excluding carboxylic acids is 3. The Balaban J connectivity index is 3.24. The third-order valence-corrected chi connectivity index (χ3v) is 3.14. The number of halogens is 2. The zero-order chi connectivity index (χ0) is 17.7. The molecule has 5 nitrogen and oxygen atoms in total. The molecule has 0 aliphatic carbocycles. The lowest BCUT2D eigenvalue weighted by Gasteiger charge is -2.15. The second kappa shape index (κ2) is 7.62. The minimum Gasteiger partial charge on any atom is -0.304 e. The number of ketones is 1. The Hall–Kier alpha value is -2.57. The smallest absolute Gasteiger partial charge is 0.304 e. The van der Waals surface area contributed by atoms with Crippen molar-refractivity contribution in [1.82, 2.24) is 10.6 Å². The molecule has 0 aliphatic rings. The van der Waals surface area contributed by atoms with Crippen LogP contribution in [0.2, 0.25) is 0 Å². The second-order valence-electron chi connectivity index (χ2n) is 5.34. The average Bonchev–Trinajstić information content (AvgIpc) is 2.41. The van der Waals surface area contributed by atoms with Crippen molar-refractivity contribution in [2.24, 2.45) is 5.92 Å². The number of nitrogens with one attached hydrogen (secondary N) is 2. The fourth-order valence-electron chi connectivity index (χ4n) is 1.76. The fourth-order valence-corrected chi connectivity index (χ4v) is 1.76. The molecule has 0 aromatic heterocycles. The second-order valence-corrected chi connectivity index (χ2v) is 5.34. The predicted octanol–water partition coefficient (Wildman–Crippen LogP) is 2.92. The highest BCUT2D eigenvalue weighted by Gasteiger charge is 2.21. The summed E-state index contributed by atoms with van der Waals surface area (Å²) in [5.74, 6) is -3.25. The number of urea groups is 1. The summed E-state index contributed by atoms with van der Waals surface area (Å²) < 4.78 is 26.6. The van der Waals surface area contributed by atoms with Crippen LogP contribution in [0.5, 0.6) is 0 Å². The van der Waals surface area contributed by atoms with Gasteiger partial charge < -0.3 is 5.32 Å². The molecular weight excluding hydrogens is 306 g/mol. The minimum absolute atomic E-state index is 0.106. The first-order valence-electron chi connectivity index (χ1n) is 6.92. The van der Waals surface area contributed by atoms with Gasteiger partial charge in [0.2, 0.25) is 11.7 Å². The molecule has 7 heteroatoms.